The summed E-state index contributed by atoms with van der Waals surface area (Å²) in [5, 5.41) is 3.59. The molecule has 0 radical (unpaired) electrons. The smallest absolute Gasteiger partial charge is 0.142 e. The minimum atomic E-state index is 0.398. The summed E-state index contributed by atoms with van der Waals surface area (Å²) in [4.78, 5) is 0. The van der Waals surface area contributed by atoms with Crippen molar-refractivity contribution in [2.75, 3.05) is 19.0 Å². The van der Waals surface area contributed by atoms with Crippen molar-refractivity contribution in [2.24, 2.45) is 0 Å². The monoisotopic (exact) mass is 327 g/mol. The van der Waals surface area contributed by atoms with Gasteiger partial charge in [0.2, 0.25) is 0 Å². The van der Waals surface area contributed by atoms with E-state index in [2.05, 4.69) is 34.2 Å². The van der Waals surface area contributed by atoms with E-state index < -0.39 is 0 Å². The second-order valence-electron chi connectivity index (χ2n) is 4.99. The molecule has 2 rings (SSSR count). The van der Waals surface area contributed by atoms with E-state index in [1.165, 1.54) is 6.42 Å². The predicted octanol–water partition coefficient (Wildman–Crippen LogP) is 4.22. The van der Waals surface area contributed by atoms with Crippen molar-refractivity contribution in [1.29, 1.82) is 0 Å². The maximum Gasteiger partial charge on any atom is 0.142 e. The number of anilines is 1. The van der Waals surface area contributed by atoms with Gasteiger partial charge in [-0.05, 0) is 37.5 Å². The maximum atomic E-state index is 5.79. The summed E-state index contributed by atoms with van der Waals surface area (Å²) in [6, 6.07) is 6.51. The number of methoxy groups -OCH3 is 1. The number of hydrogen-bond donors (Lipinski definition) is 1. The highest BCUT2D eigenvalue weighted by atomic mass is 79.9. The van der Waals surface area contributed by atoms with Crippen LogP contribution < -0.4 is 10.1 Å². The van der Waals surface area contributed by atoms with Crippen LogP contribution in [0.15, 0.2) is 22.7 Å². The Hall–Kier alpha value is -0.740. The molecule has 1 fully saturated rings. The molecule has 0 aromatic heterocycles. The van der Waals surface area contributed by atoms with Gasteiger partial charge in [-0.25, -0.2) is 0 Å². The molecular formula is C15H22BrNO2. The third-order valence-corrected chi connectivity index (χ3v) is 3.99. The van der Waals surface area contributed by atoms with Crippen molar-refractivity contribution in [3.8, 4) is 5.75 Å². The highest BCUT2D eigenvalue weighted by Crippen LogP contribution is 2.30. The minimum absolute atomic E-state index is 0.398. The fourth-order valence-electron chi connectivity index (χ4n) is 2.55. The van der Waals surface area contributed by atoms with Gasteiger partial charge >= 0.3 is 0 Å². The molecule has 1 aliphatic rings. The van der Waals surface area contributed by atoms with E-state index >= 15 is 0 Å². The molecule has 3 nitrogen and oxygen atoms in total. The Morgan fingerprint density at radius 3 is 3.05 bits per heavy atom. The zero-order chi connectivity index (χ0) is 13.7. The molecule has 1 heterocycles. The largest absolute Gasteiger partial charge is 0.495 e. The third kappa shape index (κ3) is 4.11. The normalized spacial score (nSPS) is 23.1. The highest BCUT2D eigenvalue weighted by Gasteiger charge is 2.22. The Bertz CT molecular complexity index is 409. The summed E-state index contributed by atoms with van der Waals surface area (Å²) >= 11 is 3.51. The molecule has 0 bridgehead atoms. The molecule has 0 spiro atoms. The van der Waals surface area contributed by atoms with Gasteiger partial charge in [0, 0.05) is 17.1 Å². The lowest BCUT2D eigenvalue weighted by molar-refractivity contribution is 0.00595. The highest BCUT2D eigenvalue weighted by molar-refractivity contribution is 9.10. The molecule has 1 aromatic rings. The van der Waals surface area contributed by atoms with Crippen LogP contribution in [-0.4, -0.2) is 25.9 Å². The van der Waals surface area contributed by atoms with Crippen LogP contribution in [0.3, 0.4) is 0 Å². The molecular weight excluding hydrogens is 306 g/mol. The van der Waals surface area contributed by atoms with Crippen molar-refractivity contribution in [2.45, 2.75) is 44.8 Å². The molecule has 4 heteroatoms. The number of ether oxygens (including phenoxy) is 2. The van der Waals surface area contributed by atoms with Crippen molar-refractivity contribution in [1.82, 2.24) is 0 Å². The first kappa shape index (κ1) is 14.7. The van der Waals surface area contributed by atoms with Crippen LogP contribution in [0.5, 0.6) is 5.75 Å². The lowest BCUT2D eigenvalue weighted by Crippen LogP contribution is -2.34. The van der Waals surface area contributed by atoms with Crippen molar-refractivity contribution in [3.05, 3.63) is 22.7 Å². The summed E-state index contributed by atoms with van der Waals surface area (Å²) in [6.07, 6.45) is 4.85. The Morgan fingerprint density at radius 2 is 2.32 bits per heavy atom. The van der Waals surface area contributed by atoms with E-state index in [1.54, 1.807) is 7.11 Å². The van der Waals surface area contributed by atoms with Crippen LogP contribution in [0.2, 0.25) is 0 Å². The molecule has 1 aromatic carbocycles. The molecule has 1 N–H and O–H groups in total. The average molecular weight is 328 g/mol. The number of nitrogens with one attached hydrogen (secondary N) is 1. The number of halogens is 1. The molecule has 1 aliphatic heterocycles. The van der Waals surface area contributed by atoms with E-state index in [9.17, 15) is 0 Å². The quantitative estimate of drug-likeness (QED) is 0.878. The van der Waals surface area contributed by atoms with E-state index in [1.807, 2.05) is 12.1 Å². The van der Waals surface area contributed by atoms with Crippen molar-refractivity contribution in [3.63, 3.8) is 0 Å². The van der Waals surface area contributed by atoms with Crippen LogP contribution in [0.4, 0.5) is 5.69 Å². The second-order valence-corrected chi connectivity index (χ2v) is 5.91. The Labute approximate surface area is 123 Å². The third-order valence-electron chi connectivity index (χ3n) is 3.50. The summed E-state index contributed by atoms with van der Waals surface area (Å²) in [6.45, 7) is 3.05. The molecule has 0 aliphatic carbocycles. The summed E-state index contributed by atoms with van der Waals surface area (Å²) < 4.78 is 12.3. The van der Waals surface area contributed by atoms with Crippen molar-refractivity contribution < 1.29 is 9.47 Å². The van der Waals surface area contributed by atoms with Crippen LogP contribution in [0.25, 0.3) is 0 Å². The molecule has 2 unspecified atom stereocenters. The van der Waals surface area contributed by atoms with Gasteiger partial charge in [0.25, 0.3) is 0 Å². The fourth-order valence-corrected chi connectivity index (χ4v) is 2.91. The first-order valence-corrected chi connectivity index (χ1v) is 7.74. The van der Waals surface area contributed by atoms with Gasteiger partial charge in [-0.1, -0.05) is 29.3 Å². The van der Waals surface area contributed by atoms with E-state index in [0.717, 1.165) is 41.8 Å². The average Bonchev–Trinajstić information content (AvgIpc) is 2.40. The van der Waals surface area contributed by atoms with Crippen LogP contribution in [0.1, 0.15) is 32.6 Å². The number of benzene rings is 1. The van der Waals surface area contributed by atoms with Crippen molar-refractivity contribution >= 4 is 21.6 Å². The number of rotatable bonds is 5. The molecule has 0 amide bonds. The SMILES string of the molecule is CCCC1CC(Nc2cc(Br)ccc2OC)CCO1. The standard InChI is InChI=1S/C15H22BrNO2/c1-3-4-13-10-12(7-8-19-13)17-14-9-11(16)5-6-15(14)18-2/h5-6,9,12-13,17H,3-4,7-8,10H2,1-2H3. The molecule has 19 heavy (non-hydrogen) atoms. The van der Waals surface area contributed by atoms with Gasteiger partial charge < -0.3 is 14.8 Å². The van der Waals surface area contributed by atoms with Crippen LogP contribution in [0, 0.1) is 0 Å². The van der Waals surface area contributed by atoms with Gasteiger partial charge in [-0.15, -0.1) is 0 Å². The Morgan fingerprint density at radius 1 is 1.47 bits per heavy atom. The first-order chi connectivity index (χ1) is 9.22. The minimum Gasteiger partial charge on any atom is -0.495 e. The summed E-state index contributed by atoms with van der Waals surface area (Å²) in [7, 11) is 1.71. The zero-order valence-electron chi connectivity index (χ0n) is 11.6. The van der Waals surface area contributed by atoms with E-state index in [-0.39, 0.29) is 0 Å². The van der Waals surface area contributed by atoms with Gasteiger partial charge in [0.15, 0.2) is 0 Å². The van der Waals surface area contributed by atoms with Gasteiger partial charge in [0.1, 0.15) is 5.75 Å². The van der Waals surface area contributed by atoms with E-state index in [4.69, 9.17) is 9.47 Å². The van der Waals surface area contributed by atoms with Crippen LogP contribution >= 0.6 is 15.9 Å². The topological polar surface area (TPSA) is 30.5 Å². The Kier molecular flexibility index (Phi) is 5.52. The maximum absolute atomic E-state index is 5.79. The zero-order valence-corrected chi connectivity index (χ0v) is 13.2. The lowest BCUT2D eigenvalue weighted by Gasteiger charge is -2.31. The molecule has 106 valence electrons. The van der Waals surface area contributed by atoms with Gasteiger partial charge in [-0.2, -0.15) is 0 Å². The van der Waals surface area contributed by atoms with Gasteiger partial charge in [-0.3, -0.25) is 0 Å². The molecule has 1 saturated heterocycles. The lowest BCUT2D eigenvalue weighted by atomic mass is 10.00. The number of hydrogen-bond acceptors (Lipinski definition) is 3. The van der Waals surface area contributed by atoms with Crippen LogP contribution in [-0.2, 0) is 4.74 Å². The summed E-state index contributed by atoms with van der Waals surface area (Å²) in [5.41, 5.74) is 1.05. The Balaban J connectivity index is 2.01. The molecule has 0 saturated carbocycles. The molecule has 2 atom stereocenters. The predicted molar refractivity (Wildman–Crippen MR) is 82.0 cm³/mol. The first-order valence-electron chi connectivity index (χ1n) is 6.94. The second kappa shape index (κ2) is 7.15. The fraction of sp³-hybridized carbons (Fsp3) is 0.600. The van der Waals surface area contributed by atoms with E-state index in [0.29, 0.717) is 12.1 Å². The summed E-state index contributed by atoms with van der Waals surface area (Å²) in [5.74, 6) is 0.890. The van der Waals surface area contributed by atoms with Gasteiger partial charge in [0.05, 0.1) is 18.9 Å².